The van der Waals surface area contributed by atoms with E-state index in [1.165, 1.54) is 11.8 Å². The van der Waals surface area contributed by atoms with E-state index in [9.17, 15) is 19.5 Å². The smallest absolute Gasteiger partial charge is 0.308 e. The fraction of sp³-hybridized carbons (Fsp3) is 0.577. The number of hydrogen-bond donors (Lipinski definition) is 2. The molecule has 3 fully saturated rings. The molecule has 3 aliphatic rings. The lowest BCUT2D eigenvalue weighted by atomic mass is 9.66. The highest BCUT2D eigenvalue weighted by molar-refractivity contribution is 8.02. The van der Waals surface area contributed by atoms with Crippen LogP contribution < -0.4 is 4.90 Å². The minimum absolute atomic E-state index is 0.0665. The van der Waals surface area contributed by atoms with Gasteiger partial charge in [-0.15, -0.1) is 18.3 Å². The number of hydrogen-bond acceptors (Lipinski definition) is 5. The Morgan fingerprint density at radius 2 is 2.06 bits per heavy atom. The number of unbranched alkanes of at least 4 members (excludes halogenated alkanes) is 2. The number of carbonyl (C=O) groups is 3. The van der Waals surface area contributed by atoms with Gasteiger partial charge in [-0.3, -0.25) is 14.4 Å². The molecule has 0 radical (unpaired) electrons. The van der Waals surface area contributed by atoms with Crippen molar-refractivity contribution in [3.8, 4) is 0 Å². The van der Waals surface area contributed by atoms with Gasteiger partial charge in [-0.25, -0.2) is 0 Å². The standard InChI is InChI=1S/C26H33ClN2O5S/c1-4-13-28(20-16(2)9-8-10-17(20)27)23(32)21-26-12-11-25(3,35-26)19(24(33)34)18(26)22(31)29(21)14-6-5-7-15-30/h4,8-10,18-19,21,30H,1,5-7,11-15H2,2-3H3,(H,33,34)/t18-,19-,21?,25+,26?/m0/s1. The molecule has 9 heteroatoms. The molecule has 2 amide bonds. The first-order chi connectivity index (χ1) is 16.6. The Bertz CT molecular complexity index is 1030. The van der Waals surface area contributed by atoms with Crippen molar-refractivity contribution in [2.45, 2.75) is 61.5 Å². The molecule has 3 heterocycles. The van der Waals surface area contributed by atoms with Crippen LogP contribution in [0.3, 0.4) is 0 Å². The number of amides is 2. The molecule has 2 unspecified atom stereocenters. The lowest BCUT2D eigenvalue weighted by Gasteiger charge is -2.37. The van der Waals surface area contributed by atoms with Crippen LogP contribution in [0.5, 0.6) is 0 Å². The average Bonchev–Trinajstić information content (AvgIpc) is 3.36. The lowest BCUT2D eigenvalue weighted by molar-refractivity contribution is -0.150. The van der Waals surface area contributed by atoms with Crippen LogP contribution in [0.25, 0.3) is 0 Å². The van der Waals surface area contributed by atoms with Crippen molar-refractivity contribution in [2.24, 2.45) is 11.8 Å². The topological polar surface area (TPSA) is 98.2 Å². The number of carboxylic acid groups (broad SMARTS) is 1. The number of halogens is 1. The highest BCUT2D eigenvalue weighted by Crippen LogP contribution is 2.71. The van der Waals surface area contributed by atoms with Gasteiger partial charge in [-0.2, -0.15) is 0 Å². The SMILES string of the molecule is C=CCN(C(=O)C1N(CCCCCO)C(=O)[C@@H]2[C@@H](C(=O)O)[C@@]3(C)CCC12S3)c1c(C)cccc1Cl. The molecule has 190 valence electrons. The van der Waals surface area contributed by atoms with Gasteiger partial charge in [-0.05, 0) is 57.6 Å². The van der Waals surface area contributed by atoms with Gasteiger partial charge in [-0.1, -0.05) is 29.8 Å². The first-order valence-corrected chi connectivity index (χ1v) is 13.3. The number of anilines is 1. The van der Waals surface area contributed by atoms with Gasteiger partial charge in [0.15, 0.2) is 0 Å². The summed E-state index contributed by atoms with van der Waals surface area (Å²) in [5, 5.41) is 19.7. The molecule has 2 N–H and O–H groups in total. The molecule has 4 rings (SSSR count). The van der Waals surface area contributed by atoms with Gasteiger partial charge in [0.05, 0.1) is 27.3 Å². The van der Waals surface area contributed by atoms with Crippen LogP contribution in [-0.2, 0) is 14.4 Å². The van der Waals surface area contributed by atoms with E-state index in [1.807, 2.05) is 26.0 Å². The van der Waals surface area contributed by atoms with Crippen molar-refractivity contribution in [3.05, 3.63) is 41.4 Å². The molecular formula is C26H33ClN2O5S. The number of aliphatic hydroxyl groups excluding tert-OH is 1. The van der Waals surface area contributed by atoms with Gasteiger partial charge >= 0.3 is 5.97 Å². The number of carboxylic acids is 1. The summed E-state index contributed by atoms with van der Waals surface area (Å²) in [6, 6.07) is 4.65. The third-order valence-electron chi connectivity index (χ3n) is 7.87. The van der Waals surface area contributed by atoms with Gasteiger partial charge in [0.2, 0.25) is 5.91 Å². The number of benzene rings is 1. The number of para-hydroxylation sites is 1. The Labute approximate surface area is 215 Å². The second kappa shape index (κ2) is 9.79. The van der Waals surface area contributed by atoms with Crippen molar-refractivity contribution in [1.82, 2.24) is 4.90 Å². The molecule has 0 aliphatic carbocycles. The fourth-order valence-corrected chi connectivity index (χ4v) is 9.09. The summed E-state index contributed by atoms with van der Waals surface area (Å²) in [6.45, 7) is 8.27. The largest absolute Gasteiger partial charge is 0.481 e. The number of aliphatic hydroxyl groups is 1. The average molecular weight is 521 g/mol. The number of likely N-dealkylation sites (tertiary alicyclic amines) is 1. The van der Waals surface area contributed by atoms with E-state index < -0.39 is 33.3 Å². The van der Waals surface area contributed by atoms with E-state index in [0.717, 1.165) is 5.56 Å². The zero-order chi connectivity index (χ0) is 25.5. The summed E-state index contributed by atoms with van der Waals surface area (Å²) in [5.74, 6) is -3.04. The zero-order valence-electron chi connectivity index (χ0n) is 20.2. The van der Waals surface area contributed by atoms with E-state index in [4.69, 9.17) is 16.7 Å². The summed E-state index contributed by atoms with van der Waals surface area (Å²) < 4.78 is -1.38. The second-order valence-corrected chi connectivity index (χ2v) is 12.3. The number of aliphatic carboxylic acids is 1. The predicted molar refractivity (Wildman–Crippen MR) is 138 cm³/mol. The Hall–Kier alpha value is -2.03. The Balaban J connectivity index is 1.79. The highest BCUT2D eigenvalue weighted by Gasteiger charge is 2.77. The van der Waals surface area contributed by atoms with Crippen LogP contribution in [0.15, 0.2) is 30.9 Å². The molecule has 2 bridgehead atoms. The highest BCUT2D eigenvalue weighted by atomic mass is 35.5. The van der Waals surface area contributed by atoms with E-state index in [0.29, 0.717) is 49.4 Å². The van der Waals surface area contributed by atoms with Crippen LogP contribution in [0.4, 0.5) is 5.69 Å². The third kappa shape index (κ3) is 4.07. The molecule has 1 spiro atoms. The van der Waals surface area contributed by atoms with E-state index >= 15 is 0 Å². The number of thioether (sulfide) groups is 1. The quantitative estimate of drug-likeness (QED) is 0.359. The summed E-state index contributed by atoms with van der Waals surface area (Å²) in [5.41, 5.74) is 1.42. The molecule has 0 aromatic heterocycles. The molecule has 35 heavy (non-hydrogen) atoms. The summed E-state index contributed by atoms with van der Waals surface area (Å²) in [7, 11) is 0. The maximum Gasteiger partial charge on any atom is 0.308 e. The molecule has 7 nitrogen and oxygen atoms in total. The van der Waals surface area contributed by atoms with E-state index in [2.05, 4.69) is 6.58 Å². The Morgan fingerprint density at radius 3 is 2.69 bits per heavy atom. The molecule has 0 saturated carbocycles. The van der Waals surface area contributed by atoms with Crippen molar-refractivity contribution in [3.63, 3.8) is 0 Å². The number of carbonyl (C=O) groups excluding carboxylic acids is 2. The first kappa shape index (κ1) is 26.0. The van der Waals surface area contributed by atoms with Gasteiger partial charge in [0, 0.05) is 24.4 Å². The molecule has 1 aromatic rings. The Morgan fingerprint density at radius 1 is 1.31 bits per heavy atom. The minimum Gasteiger partial charge on any atom is -0.481 e. The minimum atomic E-state index is -0.974. The van der Waals surface area contributed by atoms with Crippen LogP contribution >= 0.6 is 23.4 Å². The van der Waals surface area contributed by atoms with Gasteiger partial charge < -0.3 is 20.0 Å². The number of nitrogens with zero attached hydrogens (tertiary/aromatic N) is 2. The van der Waals surface area contributed by atoms with Crippen molar-refractivity contribution in [2.75, 3.05) is 24.6 Å². The third-order valence-corrected chi connectivity index (χ3v) is 10.2. The van der Waals surface area contributed by atoms with Gasteiger partial charge in [0.25, 0.3) is 5.91 Å². The van der Waals surface area contributed by atoms with E-state index in [1.54, 1.807) is 21.9 Å². The van der Waals surface area contributed by atoms with E-state index in [-0.39, 0.29) is 25.0 Å². The van der Waals surface area contributed by atoms with Crippen LogP contribution in [0.1, 0.15) is 44.6 Å². The molecular weight excluding hydrogens is 488 g/mol. The monoisotopic (exact) mass is 520 g/mol. The normalized spacial score (nSPS) is 31.0. The maximum atomic E-state index is 14.4. The summed E-state index contributed by atoms with van der Waals surface area (Å²) >= 11 is 8.08. The lowest BCUT2D eigenvalue weighted by Crippen LogP contribution is -2.55. The first-order valence-electron chi connectivity index (χ1n) is 12.1. The summed E-state index contributed by atoms with van der Waals surface area (Å²) in [4.78, 5) is 43.9. The van der Waals surface area contributed by atoms with Crippen LogP contribution in [-0.4, -0.2) is 68.1 Å². The van der Waals surface area contributed by atoms with Crippen molar-refractivity contribution in [1.29, 1.82) is 0 Å². The second-order valence-electron chi connectivity index (χ2n) is 10.0. The molecule has 5 atom stereocenters. The predicted octanol–water partition coefficient (Wildman–Crippen LogP) is 3.90. The summed E-state index contributed by atoms with van der Waals surface area (Å²) in [6.07, 6.45) is 4.85. The van der Waals surface area contributed by atoms with Gasteiger partial charge in [0.1, 0.15) is 6.04 Å². The van der Waals surface area contributed by atoms with Crippen LogP contribution in [0.2, 0.25) is 5.02 Å². The Kier molecular flexibility index (Phi) is 7.28. The maximum absolute atomic E-state index is 14.4. The van der Waals surface area contributed by atoms with Crippen molar-refractivity contribution >= 4 is 46.8 Å². The zero-order valence-corrected chi connectivity index (χ0v) is 21.8. The number of rotatable bonds is 10. The van der Waals surface area contributed by atoms with Crippen LogP contribution in [0, 0.1) is 18.8 Å². The number of aryl methyl sites for hydroxylation is 1. The molecule has 1 aromatic carbocycles. The molecule has 3 saturated heterocycles. The molecule has 3 aliphatic heterocycles. The number of fused-ring (bicyclic) bond motifs is 1. The fourth-order valence-electron chi connectivity index (χ4n) is 6.43. The van der Waals surface area contributed by atoms with Crippen molar-refractivity contribution < 1.29 is 24.6 Å².